The van der Waals surface area contributed by atoms with E-state index in [1.165, 1.54) is 19.3 Å². The number of nitrogens with one attached hydrogen (secondary N) is 2. The number of amides is 2. The molecule has 1 aliphatic heterocycles. The van der Waals surface area contributed by atoms with Gasteiger partial charge in [-0.2, -0.15) is 0 Å². The summed E-state index contributed by atoms with van der Waals surface area (Å²) < 4.78 is 11.4. The van der Waals surface area contributed by atoms with Crippen LogP contribution in [0.25, 0.3) is 0 Å². The molecule has 2 amide bonds. The van der Waals surface area contributed by atoms with Crippen molar-refractivity contribution in [3.8, 4) is 0 Å². The molecule has 144 valence electrons. The summed E-state index contributed by atoms with van der Waals surface area (Å²) in [5, 5.41) is 14.0. The van der Waals surface area contributed by atoms with Crippen molar-refractivity contribution in [2.24, 2.45) is 5.92 Å². The molecule has 0 radical (unpaired) electrons. The van der Waals surface area contributed by atoms with E-state index < -0.39 is 25.8 Å². The zero-order valence-corrected chi connectivity index (χ0v) is 16.6. The molecule has 0 saturated carbocycles. The summed E-state index contributed by atoms with van der Waals surface area (Å²) >= 11 is 0. The normalized spacial score (nSPS) is 23.7. The first kappa shape index (κ1) is 22.0. The Morgan fingerprint density at radius 2 is 1.76 bits per heavy atom. The molecule has 0 aromatic carbocycles. The zero-order valence-electron chi connectivity index (χ0n) is 15.6. The van der Waals surface area contributed by atoms with Crippen LogP contribution in [0.1, 0.15) is 78.1 Å². The largest absolute Gasteiger partial charge is 0.370 e. The first-order valence-electron chi connectivity index (χ1n) is 9.59. The number of rotatable bonds is 5. The standard InChI is InChI=1S/C18H33N2O4P/c1-14(2)13-18(23,25-24)17(22)20-15-11-9-7-5-3-4-6-8-10-12-19-16(15)21/h14-15,23H,3-13H2,1-2H3,(H,19,21)(H,20,22)/p+1. The smallest absolute Gasteiger partial charge is 0.354 e. The Labute approximate surface area is 152 Å². The molecule has 3 atom stereocenters. The van der Waals surface area contributed by atoms with E-state index in [4.69, 9.17) is 0 Å². The van der Waals surface area contributed by atoms with Crippen LogP contribution in [0, 0.1) is 5.92 Å². The van der Waals surface area contributed by atoms with Crippen molar-refractivity contribution in [3.05, 3.63) is 0 Å². The molecule has 25 heavy (non-hydrogen) atoms. The van der Waals surface area contributed by atoms with E-state index in [2.05, 4.69) is 10.6 Å². The summed E-state index contributed by atoms with van der Waals surface area (Å²) in [5.74, 6) is -0.904. The molecule has 1 heterocycles. The average molecular weight is 373 g/mol. The second-order valence-corrected chi connectivity index (χ2v) is 8.53. The fraction of sp³-hybridized carbons (Fsp3) is 0.889. The van der Waals surface area contributed by atoms with Gasteiger partial charge in [0.25, 0.3) is 0 Å². The van der Waals surface area contributed by atoms with Crippen LogP contribution in [-0.4, -0.2) is 34.8 Å². The van der Waals surface area contributed by atoms with Crippen molar-refractivity contribution in [2.45, 2.75) is 89.4 Å². The van der Waals surface area contributed by atoms with E-state index >= 15 is 0 Å². The van der Waals surface area contributed by atoms with Crippen LogP contribution in [0.4, 0.5) is 0 Å². The maximum atomic E-state index is 12.4. The molecule has 0 aromatic heterocycles. The van der Waals surface area contributed by atoms with Gasteiger partial charge >= 0.3 is 19.7 Å². The predicted octanol–water partition coefficient (Wildman–Crippen LogP) is 2.87. The minimum absolute atomic E-state index is 0.0195. The van der Waals surface area contributed by atoms with Gasteiger partial charge in [0, 0.05) is 13.0 Å². The Bertz CT molecular complexity index is 445. The van der Waals surface area contributed by atoms with E-state index in [9.17, 15) is 19.3 Å². The van der Waals surface area contributed by atoms with E-state index in [-0.39, 0.29) is 18.2 Å². The van der Waals surface area contributed by atoms with Gasteiger partial charge < -0.3 is 15.7 Å². The van der Waals surface area contributed by atoms with Crippen LogP contribution in [0.2, 0.25) is 0 Å². The maximum absolute atomic E-state index is 12.4. The van der Waals surface area contributed by atoms with Crippen molar-refractivity contribution >= 4 is 20.3 Å². The average Bonchev–Trinajstić information content (AvgIpc) is 2.58. The predicted molar refractivity (Wildman–Crippen MR) is 99.9 cm³/mol. The molecule has 1 saturated heterocycles. The Kier molecular flexibility index (Phi) is 10.2. The second-order valence-electron chi connectivity index (χ2n) is 7.49. The lowest BCUT2D eigenvalue weighted by molar-refractivity contribution is -0.137. The zero-order chi connectivity index (χ0) is 18.7. The van der Waals surface area contributed by atoms with Crippen LogP contribution >= 0.6 is 8.46 Å². The first-order chi connectivity index (χ1) is 11.9. The fourth-order valence-electron chi connectivity index (χ4n) is 3.19. The topological polar surface area (TPSA) is 95.5 Å². The summed E-state index contributed by atoms with van der Waals surface area (Å²) in [6.45, 7) is 4.30. The molecule has 1 rings (SSSR count). The van der Waals surface area contributed by atoms with Crippen LogP contribution in [0.3, 0.4) is 0 Å². The molecule has 3 unspecified atom stereocenters. The van der Waals surface area contributed by atoms with Gasteiger partial charge in [-0.1, -0.05) is 63.4 Å². The second kappa shape index (κ2) is 11.6. The Balaban J connectivity index is 2.72. The quantitative estimate of drug-likeness (QED) is 0.646. The molecule has 7 heteroatoms. The lowest BCUT2D eigenvalue weighted by Crippen LogP contribution is -2.53. The van der Waals surface area contributed by atoms with Crippen molar-refractivity contribution < 1.29 is 19.3 Å². The van der Waals surface area contributed by atoms with Crippen molar-refractivity contribution in [3.63, 3.8) is 0 Å². The lowest BCUT2D eigenvalue weighted by atomic mass is 10.0. The first-order valence-corrected chi connectivity index (χ1v) is 10.5. The third kappa shape index (κ3) is 8.28. The van der Waals surface area contributed by atoms with Gasteiger partial charge in [0.15, 0.2) is 0 Å². The third-order valence-electron chi connectivity index (χ3n) is 4.59. The minimum atomic E-state index is -1.92. The van der Waals surface area contributed by atoms with E-state index in [1.807, 2.05) is 13.8 Å². The van der Waals surface area contributed by atoms with Crippen molar-refractivity contribution in [1.82, 2.24) is 10.6 Å². The Hall–Kier alpha value is -1.00. The van der Waals surface area contributed by atoms with Gasteiger partial charge in [0.2, 0.25) is 5.91 Å². The number of hydrogen-bond donors (Lipinski definition) is 3. The summed E-state index contributed by atoms with van der Waals surface area (Å²) in [6.07, 6.45) is 9.34. The number of aliphatic hydroxyl groups is 1. The summed E-state index contributed by atoms with van der Waals surface area (Å²) in [5.41, 5.74) is 0. The van der Waals surface area contributed by atoms with Crippen LogP contribution in [0.5, 0.6) is 0 Å². The van der Waals surface area contributed by atoms with Crippen LogP contribution < -0.4 is 10.6 Å². The molecule has 6 nitrogen and oxygen atoms in total. The van der Waals surface area contributed by atoms with Gasteiger partial charge in [-0.05, 0) is 18.8 Å². The van der Waals surface area contributed by atoms with E-state index in [1.54, 1.807) is 0 Å². The highest BCUT2D eigenvalue weighted by Gasteiger charge is 2.46. The van der Waals surface area contributed by atoms with Gasteiger partial charge in [0.1, 0.15) is 6.04 Å². The molecule has 1 fully saturated rings. The Morgan fingerprint density at radius 1 is 1.20 bits per heavy atom. The maximum Gasteiger partial charge on any atom is 0.370 e. The number of carbonyl (C=O) groups is 2. The molecule has 3 N–H and O–H groups in total. The van der Waals surface area contributed by atoms with Crippen LogP contribution in [0.15, 0.2) is 0 Å². The summed E-state index contributed by atoms with van der Waals surface area (Å²) in [4.78, 5) is 24.8. The highest BCUT2D eigenvalue weighted by atomic mass is 31.1. The number of hydrogen-bond acceptors (Lipinski definition) is 4. The number of carbonyl (C=O) groups excluding carboxylic acids is 2. The molecule has 1 aliphatic rings. The molecule has 0 bridgehead atoms. The lowest BCUT2D eigenvalue weighted by Gasteiger charge is -2.22. The van der Waals surface area contributed by atoms with E-state index in [0.717, 1.165) is 32.1 Å². The third-order valence-corrected chi connectivity index (χ3v) is 5.36. The molecule has 0 aromatic rings. The van der Waals surface area contributed by atoms with Crippen LogP contribution in [-0.2, 0) is 14.2 Å². The molecular formula is C18H34N2O4P+. The minimum Gasteiger partial charge on any atom is -0.354 e. The van der Waals surface area contributed by atoms with Gasteiger partial charge in [0.05, 0.1) is 0 Å². The summed E-state index contributed by atoms with van der Waals surface area (Å²) in [6, 6.07) is -0.678. The van der Waals surface area contributed by atoms with Gasteiger partial charge in [-0.3, -0.25) is 9.59 Å². The molecule has 0 spiro atoms. The SMILES string of the molecule is CC(C)CC(O)([PH+]=O)C(=O)NC1CCCCCCCCCCNC1=O. The van der Waals surface area contributed by atoms with E-state index in [0.29, 0.717) is 13.0 Å². The molecule has 0 aliphatic carbocycles. The Morgan fingerprint density at radius 3 is 2.32 bits per heavy atom. The van der Waals surface area contributed by atoms with Crippen molar-refractivity contribution in [1.29, 1.82) is 0 Å². The fourth-order valence-corrected chi connectivity index (χ4v) is 3.84. The molecular weight excluding hydrogens is 339 g/mol. The van der Waals surface area contributed by atoms with Gasteiger partial charge in [-0.15, -0.1) is 0 Å². The van der Waals surface area contributed by atoms with Crippen molar-refractivity contribution in [2.75, 3.05) is 6.54 Å². The monoisotopic (exact) mass is 373 g/mol. The summed E-state index contributed by atoms with van der Waals surface area (Å²) in [7, 11) is -1.16. The highest BCUT2D eigenvalue weighted by Crippen LogP contribution is 2.28. The highest BCUT2D eigenvalue weighted by molar-refractivity contribution is 7.27. The van der Waals surface area contributed by atoms with Gasteiger partial charge in [-0.25, -0.2) is 0 Å².